The molecule has 1 amide bonds. The summed E-state index contributed by atoms with van der Waals surface area (Å²) in [6, 6.07) is 0. The number of thiophene rings is 1. The fourth-order valence-corrected chi connectivity index (χ4v) is 4.63. The highest BCUT2D eigenvalue weighted by molar-refractivity contribution is 7.17. The number of nitrogens with one attached hydrogen (secondary N) is 2. The number of hydrogen-bond donors (Lipinski definition) is 2. The highest BCUT2D eigenvalue weighted by atomic mass is 32.1. The Labute approximate surface area is 141 Å². The van der Waals surface area contributed by atoms with Gasteiger partial charge in [0.25, 0.3) is 0 Å². The van der Waals surface area contributed by atoms with Crippen LogP contribution in [0, 0.1) is 0 Å². The molecule has 6 heteroatoms. The average molecular weight is 338 g/mol. The first-order valence-electron chi connectivity index (χ1n) is 7.95. The Balaban J connectivity index is 2.55. The Morgan fingerprint density at radius 1 is 1.30 bits per heavy atom. The minimum absolute atomic E-state index is 0.0683. The monoisotopic (exact) mass is 338 g/mol. The molecule has 128 valence electrons. The van der Waals surface area contributed by atoms with Crippen LogP contribution in [0.5, 0.6) is 0 Å². The molecule has 1 aromatic rings. The third kappa shape index (κ3) is 3.58. The molecular formula is C17H26N2O3S. The molecule has 2 N–H and O–H groups in total. The Bertz CT molecular complexity index is 632. The molecule has 2 rings (SSSR count). The van der Waals surface area contributed by atoms with Crippen LogP contribution in [-0.4, -0.2) is 24.5 Å². The van der Waals surface area contributed by atoms with Gasteiger partial charge in [0.2, 0.25) is 5.91 Å². The number of anilines is 1. The molecule has 1 aliphatic rings. The van der Waals surface area contributed by atoms with E-state index in [0.29, 0.717) is 17.0 Å². The second-order valence-electron chi connectivity index (χ2n) is 7.21. The summed E-state index contributed by atoms with van der Waals surface area (Å²) >= 11 is 1.47. The number of carbonyl (C=O) groups excluding carboxylic acids is 2. The summed E-state index contributed by atoms with van der Waals surface area (Å²) in [5.74, 6) is -0.455. The van der Waals surface area contributed by atoms with Crippen molar-refractivity contribution in [1.82, 2.24) is 5.32 Å². The summed E-state index contributed by atoms with van der Waals surface area (Å²) < 4.78 is 4.98. The molecule has 23 heavy (non-hydrogen) atoms. The maximum absolute atomic E-state index is 12.3. The van der Waals surface area contributed by atoms with Crippen LogP contribution in [0.1, 0.15) is 68.3 Å². The predicted molar refractivity (Wildman–Crippen MR) is 93.1 cm³/mol. The number of methoxy groups -OCH3 is 1. The van der Waals surface area contributed by atoms with Gasteiger partial charge in [0.05, 0.1) is 12.7 Å². The summed E-state index contributed by atoms with van der Waals surface area (Å²) in [4.78, 5) is 25.4. The van der Waals surface area contributed by atoms with E-state index in [-0.39, 0.29) is 23.0 Å². The molecule has 5 nitrogen and oxygen atoms in total. The molecule has 2 heterocycles. The van der Waals surface area contributed by atoms with Crippen molar-refractivity contribution in [3.05, 3.63) is 16.0 Å². The molecule has 0 bridgehead atoms. The van der Waals surface area contributed by atoms with Crippen molar-refractivity contribution >= 4 is 28.2 Å². The van der Waals surface area contributed by atoms with E-state index in [9.17, 15) is 9.59 Å². The van der Waals surface area contributed by atoms with Crippen LogP contribution in [0.25, 0.3) is 0 Å². The minimum Gasteiger partial charge on any atom is -0.465 e. The van der Waals surface area contributed by atoms with Gasteiger partial charge in [-0.25, -0.2) is 4.79 Å². The van der Waals surface area contributed by atoms with Crippen LogP contribution >= 0.6 is 11.3 Å². The van der Waals surface area contributed by atoms with E-state index >= 15 is 0 Å². The van der Waals surface area contributed by atoms with E-state index in [2.05, 4.69) is 38.3 Å². The van der Waals surface area contributed by atoms with Gasteiger partial charge in [-0.05, 0) is 46.1 Å². The zero-order valence-corrected chi connectivity index (χ0v) is 15.6. The Hall–Kier alpha value is -1.40. The SMILES string of the molecule is CCCC(=O)Nc1sc2c(c1C(=O)OC)CC(C)(C)NC2(C)C. The number of carbonyl (C=O) groups is 2. The summed E-state index contributed by atoms with van der Waals surface area (Å²) in [5, 5.41) is 7.11. The van der Waals surface area contributed by atoms with Crippen LogP contribution in [-0.2, 0) is 21.5 Å². The van der Waals surface area contributed by atoms with Crippen molar-refractivity contribution in [2.75, 3.05) is 12.4 Å². The van der Waals surface area contributed by atoms with Gasteiger partial charge < -0.3 is 15.4 Å². The van der Waals surface area contributed by atoms with E-state index in [1.165, 1.54) is 18.4 Å². The molecule has 0 aliphatic carbocycles. The minimum atomic E-state index is -0.386. The van der Waals surface area contributed by atoms with Gasteiger partial charge in [-0.1, -0.05) is 6.92 Å². The van der Waals surface area contributed by atoms with Crippen molar-refractivity contribution in [3.63, 3.8) is 0 Å². The van der Waals surface area contributed by atoms with Gasteiger partial charge in [0.15, 0.2) is 0 Å². The fraction of sp³-hybridized carbons (Fsp3) is 0.647. The standard InChI is InChI=1S/C17H26N2O3S/c1-7-8-11(20)18-14-12(15(21)22-6)10-9-16(2,3)19-17(4,5)13(10)23-14/h19H,7-9H2,1-6H3,(H,18,20). The lowest BCUT2D eigenvalue weighted by Crippen LogP contribution is -2.55. The Kier molecular flexibility index (Phi) is 4.87. The third-order valence-corrected chi connectivity index (χ3v) is 5.43. The molecule has 0 fully saturated rings. The van der Waals surface area contributed by atoms with E-state index in [1.807, 2.05) is 6.92 Å². The van der Waals surface area contributed by atoms with E-state index in [0.717, 1.165) is 23.3 Å². The third-order valence-electron chi connectivity index (χ3n) is 3.96. The Morgan fingerprint density at radius 3 is 2.52 bits per heavy atom. The number of fused-ring (bicyclic) bond motifs is 1. The molecule has 0 saturated heterocycles. The highest BCUT2D eigenvalue weighted by Crippen LogP contribution is 2.45. The second-order valence-corrected chi connectivity index (χ2v) is 8.23. The maximum atomic E-state index is 12.3. The fourth-order valence-electron chi connectivity index (χ4n) is 3.35. The lowest BCUT2D eigenvalue weighted by molar-refractivity contribution is -0.116. The van der Waals surface area contributed by atoms with Crippen molar-refractivity contribution in [2.24, 2.45) is 0 Å². The van der Waals surface area contributed by atoms with E-state index < -0.39 is 0 Å². The van der Waals surface area contributed by atoms with Gasteiger partial charge in [0, 0.05) is 22.4 Å². The summed E-state index contributed by atoms with van der Waals surface area (Å²) in [5.41, 5.74) is 1.10. The second kappa shape index (κ2) is 6.24. The maximum Gasteiger partial charge on any atom is 0.341 e. The molecule has 1 aromatic heterocycles. The first kappa shape index (κ1) is 17.9. The Morgan fingerprint density at radius 2 is 1.96 bits per heavy atom. The number of amides is 1. The van der Waals surface area contributed by atoms with Crippen LogP contribution in [0.2, 0.25) is 0 Å². The summed E-state index contributed by atoms with van der Waals surface area (Å²) in [7, 11) is 1.38. The molecule has 0 atom stereocenters. The van der Waals surface area contributed by atoms with Crippen molar-refractivity contribution in [3.8, 4) is 0 Å². The van der Waals surface area contributed by atoms with Gasteiger partial charge >= 0.3 is 5.97 Å². The van der Waals surface area contributed by atoms with Crippen LogP contribution < -0.4 is 10.6 Å². The number of hydrogen-bond acceptors (Lipinski definition) is 5. The lowest BCUT2D eigenvalue weighted by atomic mass is 9.81. The van der Waals surface area contributed by atoms with E-state index in [1.54, 1.807) is 0 Å². The van der Waals surface area contributed by atoms with Gasteiger partial charge in [-0.3, -0.25) is 4.79 Å². The average Bonchev–Trinajstić information content (AvgIpc) is 2.74. The highest BCUT2D eigenvalue weighted by Gasteiger charge is 2.41. The first-order chi connectivity index (χ1) is 10.6. The number of esters is 1. The zero-order valence-electron chi connectivity index (χ0n) is 14.8. The number of rotatable bonds is 4. The van der Waals surface area contributed by atoms with Crippen molar-refractivity contribution in [2.45, 2.75) is 65.0 Å². The molecular weight excluding hydrogens is 312 g/mol. The molecule has 0 aromatic carbocycles. The quantitative estimate of drug-likeness (QED) is 0.825. The molecule has 0 radical (unpaired) electrons. The molecule has 0 unspecified atom stereocenters. The predicted octanol–water partition coefficient (Wildman–Crippen LogP) is 3.43. The molecule has 0 saturated carbocycles. The number of ether oxygens (including phenoxy) is 1. The normalized spacial score (nSPS) is 18.2. The van der Waals surface area contributed by atoms with Crippen LogP contribution in [0.3, 0.4) is 0 Å². The van der Waals surface area contributed by atoms with Crippen LogP contribution in [0.15, 0.2) is 0 Å². The summed E-state index contributed by atoms with van der Waals surface area (Å²) in [6.45, 7) is 10.4. The lowest BCUT2D eigenvalue weighted by Gasteiger charge is -2.42. The first-order valence-corrected chi connectivity index (χ1v) is 8.76. The van der Waals surface area contributed by atoms with Crippen molar-refractivity contribution in [1.29, 1.82) is 0 Å². The zero-order chi connectivity index (χ0) is 17.4. The molecule has 1 aliphatic heterocycles. The molecule has 0 spiro atoms. The largest absolute Gasteiger partial charge is 0.465 e. The summed E-state index contributed by atoms with van der Waals surface area (Å²) in [6.07, 6.45) is 1.93. The topological polar surface area (TPSA) is 67.4 Å². The smallest absolute Gasteiger partial charge is 0.341 e. The van der Waals surface area contributed by atoms with E-state index in [4.69, 9.17) is 4.74 Å². The van der Waals surface area contributed by atoms with Gasteiger partial charge in [-0.2, -0.15) is 0 Å². The van der Waals surface area contributed by atoms with Gasteiger partial charge in [-0.15, -0.1) is 11.3 Å². The van der Waals surface area contributed by atoms with Gasteiger partial charge in [0.1, 0.15) is 5.00 Å². The van der Waals surface area contributed by atoms with Crippen molar-refractivity contribution < 1.29 is 14.3 Å². The van der Waals surface area contributed by atoms with Crippen LogP contribution in [0.4, 0.5) is 5.00 Å².